The van der Waals surface area contributed by atoms with Crippen molar-refractivity contribution in [1.82, 2.24) is 19.5 Å². The molecule has 0 aliphatic rings. The fraction of sp³-hybridized carbons (Fsp3) is 0.0667. The van der Waals surface area contributed by atoms with E-state index in [0.717, 1.165) is 29.0 Å². The zero-order valence-corrected chi connectivity index (χ0v) is 13.9. The minimum Gasteiger partial charge on any atom is -0.338 e. The SMILES string of the molecule is Cl.Cl.c1cn(Cc2ccc3nc(-c4ccsc4)[nH]c3c2)cn1. The first-order chi connectivity index (χ1) is 9.88. The van der Waals surface area contributed by atoms with Crippen molar-refractivity contribution >= 4 is 47.2 Å². The van der Waals surface area contributed by atoms with Crippen molar-refractivity contribution in [3.05, 3.63) is 59.3 Å². The zero-order chi connectivity index (χ0) is 13.4. The molecule has 3 heterocycles. The van der Waals surface area contributed by atoms with Crippen LogP contribution in [0.3, 0.4) is 0 Å². The molecule has 0 saturated heterocycles. The summed E-state index contributed by atoms with van der Waals surface area (Å²) in [4.78, 5) is 12.1. The van der Waals surface area contributed by atoms with Gasteiger partial charge < -0.3 is 9.55 Å². The third-order valence-electron chi connectivity index (χ3n) is 3.27. The van der Waals surface area contributed by atoms with E-state index in [4.69, 9.17) is 0 Å². The van der Waals surface area contributed by atoms with Crippen LogP contribution in [0.2, 0.25) is 0 Å². The highest BCUT2D eigenvalue weighted by atomic mass is 35.5. The molecule has 1 N–H and O–H groups in total. The van der Waals surface area contributed by atoms with Crippen LogP contribution in [0, 0.1) is 0 Å². The Morgan fingerprint density at radius 3 is 2.82 bits per heavy atom. The van der Waals surface area contributed by atoms with Gasteiger partial charge in [0, 0.05) is 29.9 Å². The van der Waals surface area contributed by atoms with Gasteiger partial charge in [-0.2, -0.15) is 11.3 Å². The Hall–Kier alpha value is -1.82. The maximum atomic E-state index is 4.63. The molecule has 0 bridgehead atoms. The van der Waals surface area contributed by atoms with E-state index >= 15 is 0 Å². The molecule has 4 rings (SSSR count). The van der Waals surface area contributed by atoms with Crippen LogP contribution >= 0.6 is 36.2 Å². The molecule has 0 spiro atoms. The topological polar surface area (TPSA) is 46.5 Å². The molecule has 1 aromatic carbocycles. The lowest BCUT2D eigenvalue weighted by Crippen LogP contribution is -1.95. The van der Waals surface area contributed by atoms with E-state index in [9.17, 15) is 0 Å². The largest absolute Gasteiger partial charge is 0.338 e. The van der Waals surface area contributed by atoms with E-state index in [1.807, 2.05) is 12.5 Å². The van der Waals surface area contributed by atoms with Crippen molar-refractivity contribution in [2.45, 2.75) is 6.54 Å². The number of H-pyrrole nitrogens is 1. The van der Waals surface area contributed by atoms with Gasteiger partial charge >= 0.3 is 0 Å². The lowest BCUT2D eigenvalue weighted by molar-refractivity contribution is 0.798. The van der Waals surface area contributed by atoms with Gasteiger partial charge in [-0.15, -0.1) is 24.8 Å². The van der Waals surface area contributed by atoms with Gasteiger partial charge in [-0.05, 0) is 29.1 Å². The minimum absolute atomic E-state index is 0. The average molecular weight is 353 g/mol. The van der Waals surface area contributed by atoms with Crippen LogP contribution in [0.1, 0.15) is 5.56 Å². The molecule has 0 unspecified atom stereocenters. The fourth-order valence-electron chi connectivity index (χ4n) is 2.28. The summed E-state index contributed by atoms with van der Waals surface area (Å²) in [5.74, 6) is 0.932. The highest BCUT2D eigenvalue weighted by Gasteiger charge is 2.06. The number of aromatic nitrogens is 4. The molecule has 0 aliphatic heterocycles. The molecule has 0 aliphatic carbocycles. The van der Waals surface area contributed by atoms with Gasteiger partial charge in [-0.25, -0.2) is 9.97 Å². The van der Waals surface area contributed by atoms with Crippen LogP contribution in [0.5, 0.6) is 0 Å². The van der Waals surface area contributed by atoms with Crippen LogP contribution in [0.25, 0.3) is 22.4 Å². The lowest BCUT2D eigenvalue weighted by Gasteiger charge is -2.01. The van der Waals surface area contributed by atoms with E-state index < -0.39 is 0 Å². The highest BCUT2D eigenvalue weighted by Crippen LogP contribution is 2.23. The second kappa shape index (κ2) is 6.96. The van der Waals surface area contributed by atoms with Gasteiger partial charge in [0.2, 0.25) is 0 Å². The van der Waals surface area contributed by atoms with Gasteiger partial charge in [0.15, 0.2) is 0 Å². The molecule has 0 atom stereocenters. The summed E-state index contributed by atoms with van der Waals surface area (Å²) in [6, 6.07) is 8.40. The lowest BCUT2D eigenvalue weighted by atomic mass is 10.2. The van der Waals surface area contributed by atoms with E-state index in [1.54, 1.807) is 17.5 Å². The second-order valence-corrected chi connectivity index (χ2v) is 5.46. The Labute approximate surface area is 144 Å². The van der Waals surface area contributed by atoms with Crippen LogP contribution in [0.4, 0.5) is 0 Å². The third-order valence-corrected chi connectivity index (χ3v) is 3.95. The van der Waals surface area contributed by atoms with Crippen molar-refractivity contribution in [2.75, 3.05) is 0 Å². The van der Waals surface area contributed by atoms with Crippen LogP contribution in [-0.4, -0.2) is 19.5 Å². The standard InChI is InChI=1S/C15H12N4S.2ClH/c1-2-13-14(7-11(1)8-19-5-4-16-10-19)18-15(17-13)12-3-6-20-9-12;;/h1-7,9-10H,8H2,(H,17,18);2*1H. The maximum Gasteiger partial charge on any atom is 0.139 e. The highest BCUT2D eigenvalue weighted by molar-refractivity contribution is 7.08. The monoisotopic (exact) mass is 352 g/mol. The number of aromatic amines is 1. The van der Waals surface area contributed by atoms with Gasteiger partial charge in [0.25, 0.3) is 0 Å². The molecule has 0 radical (unpaired) electrons. The molecular formula is C15H14Cl2N4S. The van der Waals surface area contributed by atoms with Gasteiger partial charge in [0.05, 0.1) is 17.4 Å². The quantitative estimate of drug-likeness (QED) is 0.594. The number of imidazole rings is 2. The number of hydrogen-bond donors (Lipinski definition) is 1. The molecule has 0 saturated carbocycles. The Kier molecular flexibility index (Phi) is 5.24. The molecule has 4 nitrogen and oxygen atoms in total. The van der Waals surface area contributed by atoms with Crippen molar-refractivity contribution < 1.29 is 0 Å². The second-order valence-electron chi connectivity index (χ2n) is 4.68. The third kappa shape index (κ3) is 3.16. The van der Waals surface area contributed by atoms with E-state index in [-0.39, 0.29) is 24.8 Å². The molecule has 4 aromatic rings. The predicted octanol–water partition coefficient (Wildman–Crippen LogP) is 4.38. The number of fused-ring (bicyclic) bond motifs is 1. The number of benzene rings is 1. The molecule has 0 amide bonds. The van der Waals surface area contributed by atoms with Crippen molar-refractivity contribution in [1.29, 1.82) is 0 Å². The number of halogens is 2. The van der Waals surface area contributed by atoms with E-state index in [2.05, 4.69) is 54.5 Å². The number of hydrogen-bond acceptors (Lipinski definition) is 3. The summed E-state index contributed by atoms with van der Waals surface area (Å²) in [5, 5.41) is 4.16. The van der Waals surface area contributed by atoms with Gasteiger partial charge in [-0.3, -0.25) is 0 Å². The average Bonchev–Trinajstić information content (AvgIpc) is 3.19. The predicted molar refractivity (Wildman–Crippen MR) is 95.2 cm³/mol. The zero-order valence-electron chi connectivity index (χ0n) is 11.5. The Morgan fingerprint density at radius 1 is 1.18 bits per heavy atom. The molecular weight excluding hydrogens is 339 g/mol. The minimum atomic E-state index is 0. The summed E-state index contributed by atoms with van der Waals surface area (Å²) in [5.41, 5.74) is 4.45. The summed E-state index contributed by atoms with van der Waals surface area (Å²) in [6.45, 7) is 0.822. The summed E-state index contributed by atoms with van der Waals surface area (Å²) >= 11 is 1.68. The number of nitrogens with zero attached hydrogens (tertiary/aromatic N) is 3. The first-order valence-electron chi connectivity index (χ1n) is 6.35. The molecule has 3 aromatic heterocycles. The normalized spacial score (nSPS) is 10.2. The van der Waals surface area contributed by atoms with E-state index in [0.29, 0.717) is 0 Å². The fourth-order valence-corrected chi connectivity index (χ4v) is 2.92. The number of thiophene rings is 1. The number of nitrogens with one attached hydrogen (secondary N) is 1. The van der Waals surface area contributed by atoms with E-state index in [1.165, 1.54) is 5.56 Å². The van der Waals surface area contributed by atoms with Crippen LogP contribution in [-0.2, 0) is 6.54 Å². The van der Waals surface area contributed by atoms with Crippen LogP contribution < -0.4 is 0 Å². The van der Waals surface area contributed by atoms with Crippen molar-refractivity contribution in [3.63, 3.8) is 0 Å². The van der Waals surface area contributed by atoms with Crippen molar-refractivity contribution in [3.8, 4) is 11.4 Å². The molecule has 22 heavy (non-hydrogen) atoms. The molecule has 0 fully saturated rings. The molecule has 7 heteroatoms. The first kappa shape index (κ1) is 16.5. The smallest absolute Gasteiger partial charge is 0.139 e. The maximum absolute atomic E-state index is 4.63. The summed E-state index contributed by atoms with van der Waals surface area (Å²) in [7, 11) is 0. The first-order valence-corrected chi connectivity index (χ1v) is 7.30. The van der Waals surface area contributed by atoms with Crippen molar-refractivity contribution in [2.24, 2.45) is 0 Å². The van der Waals surface area contributed by atoms with Crippen LogP contribution in [0.15, 0.2) is 53.7 Å². The summed E-state index contributed by atoms with van der Waals surface area (Å²) in [6.07, 6.45) is 5.59. The Morgan fingerprint density at radius 2 is 2.09 bits per heavy atom. The molecule has 114 valence electrons. The van der Waals surface area contributed by atoms with Gasteiger partial charge in [0.1, 0.15) is 5.82 Å². The summed E-state index contributed by atoms with van der Waals surface area (Å²) < 4.78 is 2.05. The Balaban J connectivity index is 0.000000882. The number of rotatable bonds is 3. The van der Waals surface area contributed by atoms with Gasteiger partial charge in [-0.1, -0.05) is 6.07 Å². The Bertz CT molecular complexity index is 838.